The fourth-order valence-electron chi connectivity index (χ4n) is 9.41. The number of H-pyrrole nitrogens is 4. The van der Waals surface area contributed by atoms with Gasteiger partial charge in [0.25, 0.3) is 0 Å². The maximum absolute atomic E-state index is 6.32. The monoisotopic (exact) mass is 901 g/mol. The van der Waals surface area contributed by atoms with E-state index >= 15 is 0 Å². The summed E-state index contributed by atoms with van der Waals surface area (Å²) >= 11 is 0. The highest BCUT2D eigenvalue weighted by atomic mass is 16.5. The molecule has 0 saturated heterocycles. The van der Waals surface area contributed by atoms with E-state index < -0.39 is 0 Å². The molecule has 13 rings (SSSR count). The standard InChI is InChI=1S/C48H43N19O/c1-48(2)23-67(25-54-48)47-43-34(10-12-51-47)58-45(60-43)41-32-16-36(27-18-55-65(3)21-27)56-37(39(32)62-64-41)14-28-22-66(24-53-28)46-42-33(9-11-50-46)57-44(59-42)40-31-15-35(52-20-38(31)61-63-40)26-13-30(19-49-17-26)68-29-7-5-4-6-8-29/h9-13,15-22,24-25,29H,4-8,14,23H2,1-3H3,(H,57,59)(H,58,60)(H,61,63)(H,62,64). The Labute approximate surface area is 386 Å². The van der Waals surface area contributed by atoms with E-state index in [2.05, 4.69) is 54.2 Å². The van der Waals surface area contributed by atoms with Crippen LogP contribution in [0.15, 0.2) is 91.2 Å². The van der Waals surface area contributed by atoms with Gasteiger partial charge in [0.1, 0.15) is 40.0 Å². The molecule has 20 nitrogen and oxygen atoms in total. The van der Waals surface area contributed by atoms with Gasteiger partial charge in [-0.2, -0.15) is 15.3 Å². The van der Waals surface area contributed by atoms with Gasteiger partial charge in [0.05, 0.1) is 82.4 Å². The van der Waals surface area contributed by atoms with Gasteiger partial charge in [-0.05, 0) is 69.9 Å². The minimum atomic E-state index is -0.214. The molecule has 1 aliphatic carbocycles. The molecule has 68 heavy (non-hydrogen) atoms. The molecule has 1 aliphatic heterocycles. The largest absolute Gasteiger partial charge is 0.489 e. The number of hydrogen-bond acceptors (Lipinski definition) is 14. The van der Waals surface area contributed by atoms with Crippen LogP contribution in [0.5, 0.6) is 5.75 Å². The van der Waals surface area contributed by atoms with Crippen LogP contribution < -0.4 is 9.64 Å². The Morgan fingerprint density at radius 2 is 1.54 bits per heavy atom. The zero-order valence-electron chi connectivity index (χ0n) is 37.3. The van der Waals surface area contributed by atoms with Gasteiger partial charge in [-0.25, -0.2) is 29.9 Å². The van der Waals surface area contributed by atoms with E-state index in [-0.39, 0.29) is 11.6 Å². The number of nitrogens with zero attached hydrogens (tertiary/aromatic N) is 15. The lowest BCUT2D eigenvalue weighted by molar-refractivity contribution is 0.154. The Balaban J connectivity index is 0.819. The first-order valence-corrected chi connectivity index (χ1v) is 22.6. The van der Waals surface area contributed by atoms with E-state index in [1.54, 1.807) is 42.0 Å². The summed E-state index contributed by atoms with van der Waals surface area (Å²) in [6.45, 7) is 4.90. The van der Waals surface area contributed by atoms with Gasteiger partial charge >= 0.3 is 0 Å². The minimum Gasteiger partial charge on any atom is -0.489 e. The van der Waals surface area contributed by atoms with Crippen molar-refractivity contribution >= 4 is 56.0 Å². The van der Waals surface area contributed by atoms with Crippen molar-refractivity contribution < 1.29 is 4.74 Å². The predicted molar refractivity (Wildman–Crippen MR) is 256 cm³/mol. The first-order chi connectivity index (χ1) is 33.2. The molecule has 4 N–H and O–H groups in total. The maximum Gasteiger partial charge on any atom is 0.166 e. The molecule has 1 saturated carbocycles. The first kappa shape index (κ1) is 39.7. The van der Waals surface area contributed by atoms with Crippen molar-refractivity contribution in [1.82, 2.24) is 84.6 Å². The summed E-state index contributed by atoms with van der Waals surface area (Å²) < 4.78 is 9.97. The van der Waals surface area contributed by atoms with Gasteiger partial charge in [0.2, 0.25) is 0 Å². The van der Waals surface area contributed by atoms with Crippen molar-refractivity contribution in [2.24, 2.45) is 12.0 Å². The number of fused-ring (bicyclic) bond motifs is 4. The smallest absolute Gasteiger partial charge is 0.166 e. The summed E-state index contributed by atoms with van der Waals surface area (Å²) in [5.41, 5.74) is 10.4. The third-order valence-electron chi connectivity index (χ3n) is 12.8. The molecule has 0 unspecified atom stereocenters. The zero-order chi connectivity index (χ0) is 45.5. The number of rotatable bonds is 10. The molecule has 2 aliphatic rings. The van der Waals surface area contributed by atoms with E-state index in [4.69, 9.17) is 44.7 Å². The molecule has 0 atom stereocenters. The normalized spacial score (nSPS) is 15.2. The second kappa shape index (κ2) is 15.5. The Morgan fingerprint density at radius 3 is 2.37 bits per heavy atom. The molecule has 336 valence electrons. The summed E-state index contributed by atoms with van der Waals surface area (Å²) in [5, 5.41) is 22.1. The number of aromatic amines is 4. The topological polar surface area (TPSA) is 240 Å². The highest BCUT2D eigenvalue weighted by Crippen LogP contribution is 2.36. The molecule has 11 aromatic rings. The fraction of sp³-hybridized carbons (Fsp3) is 0.250. The van der Waals surface area contributed by atoms with Crippen LogP contribution in [0, 0.1) is 0 Å². The summed E-state index contributed by atoms with van der Waals surface area (Å²) in [6.07, 6.45) is 24.6. The highest BCUT2D eigenvalue weighted by Gasteiger charge is 2.29. The number of ether oxygens (including phenoxy) is 1. The van der Waals surface area contributed by atoms with Crippen molar-refractivity contribution in [2.45, 2.75) is 64.0 Å². The van der Waals surface area contributed by atoms with Gasteiger partial charge in [-0.1, -0.05) is 6.42 Å². The van der Waals surface area contributed by atoms with Crippen molar-refractivity contribution in [3.8, 4) is 57.1 Å². The lowest BCUT2D eigenvalue weighted by Gasteiger charge is -2.22. The zero-order valence-corrected chi connectivity index (χ0v) is 37.3. The van der Waals surface area contributed by atoms with Crippen molar-refractivity contribution in [1.29, 1.82) is 0 Å². The van der Waals surface area contributed by atoms with Gasteiger partial charge in [0.15, 0.2) is 23.3 Å². The summed E-state index contributed by atoms with van der Waals surface area (Å²) in [6, 6.07) is 9.87. The summed E-state index contributed by atoms with van der Waals surface area (Å²) in [4.78, 5) is 52.5. The molecule has 0 bridgehead atoms. The predicted octanol–water partition coefficient (Wildman–Crippen LogP) is 7.68. The van der Waals surface area contributed by atoms with E-state index in [1.165, 1.54) is 19.3 Å². The third kappa shape index (κ3) is 6.99. The molecule has 0 spiro atoms. The lowest BCUT2D eigenvalue weighted by atomic mass is 9.98. The average molecular weight is 902 g/mol. The van der Waals surface area contributed by atoms with Crippen LogP contribution in [0.4, 0.5) is 5.82 Å². The fourth-order valence-corrected chi connectivity index (χ4v) is 9.41. The molecule has 12 heterocycles. The summed E-state index contributed by atoms with van der Waals surface area (Å²) in [5.74, 6) is 3.32. The van der Waals surface area contributed by atoms with E-state index in [9.17, 15) is 0 Å². The number of aromatic nitrogens is 17. The molecule has 11 aromatic heterocycles. The van der Waals surface area contributed by atoms with E-state index in [0.29, 0.717) is 47.2 Å². The van der Waals surface area contributed by atoms with Gasteiger partial charge in [-0.3, -0.25) is 34.4 Å². The summed E-state index contributed by atoms with van der Waals surface area (Å²) in [7, 11) is 1.89. The van der Waals surface area contributed by atoms with Crippen LogP contribution in [0.3, 0.4) is 0 Å². The molecule has 1 fully saturated rings. The maximum atomic E-state index is 6.32. The van der Waals surface area contributed by atoms with Crippen molar-refractivity contribution in [2.75, 3.05) is 11.4 Å². The second-order valence-electron chi connectivity index (χ2n) is 18.2. The van der Waals surface area contributed by atoms with Crippen LogP contribution in [0.1, 0.15) is 57.3 Å². The molecule has 0 amide bonds. The number of anilines is 1. The van der Waals surface area contributed by atoms with Crippen molar-refractivity contribution in [3.05, 3.63) is 97.6 Å². The van der Waals surface area contributed by atoms with Crippen LogP contribution in [0.25, 0.3) is 95.2 Å². The number of aryl methyl sites for hydroxylation is 1. The van der Waals surface area contributed by atoms with Crippen LogP contribution in [0.2, 0.25) is 0 Å². The van der Waals surface area contributed by atoms with Crippen LogP contribution >= 0.6 is 0 Å². The third-order valence-corrected chi connectivity index (χ3v) is 12.8. The number of pyridine rings is 5. The van der Waals surface area contributed by atoms with E-state index in [0.717, 1.165) is 96.8 Å². The number of imidazole rings is 3. The molecule has 0 radical (unpaired) electrons. The molecular weight excluding hydrogens is 859 g/mol. The Kier molecular flexibility index (Phi) is 9.02. The van der Waals surface area contributed by atoms with Crippen LogP contribution in [-0.4, -0.2) is 109 Å². The SMILES string of the molecule is Cn1cc(-c2cc3c(-c4nc5c(N6C=NC(C)(C)C6)nccc5[nH]4)[nH]nc3c(Cc3cn(-c4nccc5[nH]c(-c6n[nH]c7cnc(-c8cncc(OC9CCCCC9)c8)cc67)nc45)cn3)n2)cn1. The number of nitrogens with one attached hydrogen (secondary N) is 4. The molecule has 0 aromatic carbocycles. The Bertz CT molecular complexity index is 3750. The quantitative estimate of drug-likeness (QED) is 0.103. The minimum absolute atomic E-state index is 0.214. The van der Waals surface area contributed by atoms with Gasteiger partial charge in [0, 0.05) is 66.4 Å². The molecular formula is C48H43N19O. The van der Waals surface area contributed by atoms with Crippen LogP contribution in [-0.2, 0) is 13.5 Å². The first-order valence-electron chi connectivity index (χ1n) is 22.6. The number of hydrogen-bond donors (Lipinski definition) is 4. The second-order valence-corrected chi connectivity index (χ2v) is 18.2. The van der Waals surface area contributed by atoms with Gasteiger partial charge < -0.3 is 19.6 Å². The average Bonchev–Trinajstić information content (AvgIpc) is 4.22. The Morgan fingerprint density at radius 1 is 0.735 bits per heavy atom. The Hall–Kier alpha value is -8.68. The highest BCUT2D eigenvalue weighted by molar-refractivity contribution is 5.99. The lowest BCUT2D eigenvalue weighted by Crippen LogP contribution is -2.29. The van der Waals surface area contributed by atoms with Crippen molar-refractivity contribution in [3.63, 3.8) is 0 Å². The van der Waals surface area contributed by atoms with E-state index in [1.807, 2.05) is 71.8 Å². The number of aliphatic imine (C=N–C) groups is 1. The van der Waals surface area contributed by atoms with Gasteiger partial charge in [-0.15, -0.1) is 0 Å². The molecule has 20 heteroatoms.